The molecule has 134 valence electrons. The Bertz CT molecular complexity index is 1100. The number of benzene rings is 3. The molecule has 1 heterocycles. The van der Waals surface area contributed by atoms with Gasteiger partial charge in [-0.15, -0.1) is 0 Å². The smallest absolute Gasteiger partial charge is 0.0537 e. The molecule has 0 fully saturated rings. The van der Waals surface area contributed by atoms with E-state index in [2.05, 4.69) is 116 Å². The molecule has 1 nitrogen and oxygen atoms in total. The molecule has 4 aromatic rings. The Morgan fingerprint density at radius 1 is 0.778 bits per heavy atom. The van der Waals surface area contributed by atoms with Crippen LogP contribution in [-0.2, 0) is 0 Å². The van der Waals surface area contributed by atoms with Gasteiger partial charge in [-0.3, -0.25) is 0 Å². The zero-order valence-electron chi connectivity index (χ0n) is 16.2. The van der Waals surface area contributed by atoms with E-state index in [1.807, 2.05) is 0 Å². The molecule has 0 amide bonds. The predicted octanol–water partition coefficient (Wildman–Crippen LogP) is 7.28. The fourth-order valence-electron chi connectivity index (χ4n) is 3.64. The van der Waals surface area contributed by atoms with Gasteiger partial charge in [-0.1, -0.05) is 80.6 Å². The number of aryl methyl sites for hydroxylation is 1. The highest BCUT2D eigenvalue weighted by Crippen LogP contribution is 2.32. The minimum atomic E-state index is 0.520. The molecule has 4 rings (SSSR count). The van der Waals surface area contributed by atoms with Gasteiger partial charge in [-0.25, -0.2) is 0 Å². The van der Waals surface area contributed by atoms with Crippen molar-refractivity contribution in [3.63, 3.8) is 0 Å². The molecule has 1 heteroatoms. The van der Waals surface area contributed by atoms with Gasteiger partial charge in [0.1, 0.15) is 0 Å². The van der Waals surface area contributed by atoms with Gasteiger partial charge in [-0.2, -0.15) is 0 Å². The van der Waals surface area contributed by atoms with Crippen LogP contribution in [0.15, 0.2) is 84.9 Å². The van der Waals surface area contributed by atoms with Gasteiger partial charge in [-0.05, 0) is 53.8 Å². The van der Waals surface area contributed by atoms with E-state index in [9.17, 15) is 0 Å². The molecule has 0 unspecified atom stereocenters. The van der Waals surface area contributed by atoms with Crippen molar-refractivity contribution in [1.82, 2.24) is 4.57 Å². The second kappa shape index (κ2) is 7.28. The van der Waals surface area contributed by atoms with Crippen LogP contribution in [-0.4, -0.2) is 4.57 Å². The summed E-state index contributed by atoms with van der Waals surface area (Å²) in [6.07, 6.45) is 4.55. The highest BCUT2D eigenvalue weighted by molar-refractivity contribution is 5.90. The van der Waals surface area contributed by atoms with Gasteiger partial charge in [0.2, 0.25) is 0 Å². The molecule has 27 heavy (non-hydrogen) atoms. The highest BCUT2D eigenvalue weighted by atomic mass is 15.0. The maximum atomic E-state index is 2.38. The summed E-state index contributed by atoms with van der Waals surface area (Å²) in [7, 11) is 0. The van der Waals surface area contributed by atoms with Gasteiger partial charge in [0.15, 0.2) is 0 Å². The third kappa shape index (κ3) is 3.33. The minimum Gasteiger partial charge on any atom is -0.310 e. The molecular weight excluding hydrogens is 326 g/mol. The summed E-state index contributed by atoms with van der Waals surface area (Å²) in [6.45, 7) is 6.66. The van der Waals surface area contributed by atoms with Crippen molar-refractivity contribution in [2.75, 3.05) is 0 Å². The van der Waals surface area contributed by atoms with Gasteiger partial charge in [0.25, 0.3) is 0 Å². The summed E-state index contributed by atoms with van der Waals surface area (Å²) >= 11 is 0. The molecule has 3 aromatic carbocycles. The molecule has 0 radical (unpaired) electrons. The monoisotopic (exact) mass is 351 g/mol. The molecule has 0 N–H and O–H groups in total. The van der Waals surface area contributed by atoms with Crippen molar-refractivity contribution in [2.45, 2.75) is 20.8 Å². The molecule has 0 bridgehead atoms. The average molecular weight is 351 g/mol. The molecule has 0 atom stereocenters. The topological polar surface area (TPSA) is 4.93 Å². The Balaban J connectivity index is 1.95. The molecule has 0 aliphatic heterocycles. The number of fused-ring (bicyclic) bond motifs is 1. The Kier molecular flexibility index (Phi) is 4.68. The highest BCUT2D eigenvalue weighted by Gasteiger charge is 2.14. The predicted molar refractivity (Wildman–Crippen MR) is 117 cm³/mol. The van der Waals surface area contributed by atoms with E-state index in [-0.39, 0.29) is 0 Å². The summed E-state index contributed by atoms with van der Waals surface area (Å²) in [4.78, 5) is 0. The number of allylic oxidation sites excluding steroid dienone is 1. The maximum absolute atomic E-state index is 2.38. The third-order valence-electron chi connectivity index (χ3n) is 5.02. The number of aromatic nitrogens is 1. The van der Waals surface area contributed by atoms with Crippen molar-refractivity contribution in [3.8, 4) is 16.8 Å². The average Bonchev–Trinajstić information content (AvgIpc) is 2.99. The van der Waals surface area contributed by atoms with Crippen molar-refractivity contribution in [2.24, 2.45) is 5.92 Å². The SMILES string of the molecule is Cc1c(/C=C\C(C)C)n(-c2cccc(-c3ccccc3)c2)c2ccccc12. The van der Waals surface area contributed by atoms with Crippen molar-refractivity contribution in [1.29, 1.82) is 0 Å². The fourth-order valence-corrected chi connectivity index (χ4v) is 3.64. The summed E-state index contributed by atoms with van der Waals surface area (Å²) in [6, 6.07) is 28.1. The number of nitrogens with zero attached hydrogens (tertiary/aromatic N) is 1. The first-order chi connectivity index (χ1) is 13.1. The lowest BCUT2D eigenvalue weighted by atomic mass is 10.1. The fraction of sp³-hybridized carbons (Fsp3) is 0.154. The number of para-hydroxylation sites is 1. The van der Waals surface area contributed by atoms with Gasteiger partial charge < -0.3 is 4.57 Å². The Labute approximate surface area is 161 Å². The summed E-state index contributed by atoms with van der Waals surface area (Å²) in [5.41, 5.74) is 7.52. The van der Waals surface area contributed by atoms with Crippen molar-refractivity contribution >= 4 is 17.0 Å². The zero-order chi connectivity index (χ0) is 18.8. The molecule has 0 aliphatic rings. The molecule has 0 aliphatic carbocycles. The first kappa shape index (κ1) is 17.4. The van der Waals surface area contributed by atoms with Crippen molar-refractivity contribution in [3.05, 3.63) is 96.2 Å². The van der Waals surface area contributed by atoms with Gasteiger partial charge in [0, 0.05) is 16.8 Å². The van der Waals surface area contributed by atoms with Crippen LogP contribution in [0.1, 0.15) is 25.1 Å². The van der Waals surface area contributed by atoms with E-state index in [0.717, 1.165) is 0 Å². The molecular formula is C26H25N. The first-order valence-corrected chi connectivity index (χ1v) is 9.59. The summed E-state index contributed by atoms with van der Waals surface area (Å²) < 4.78 is 2.38. The second-order valence-electron chi connectivity index (χ2n) is 7.38. The Hall–Kier alpha value is -3.06. The lowest BCUT2D eigenvalue weighted by molar-refractivity contribution is 0.835. The lowest BCUT2D eigenvalue weighted by Gasteiger charge is -2.12. The van der Waals surface area contributed by atoms with E-state index in [4.69, 9.17) is 0 Å². The standard InChI is InChI=1S/C26H25N/c1-19(2)16-17-25-20(3)24-14-7-8-15-26(24)27(25)23-13-9-12-22(18-23)21-10-5-4-6-11-21/h4-19H,1-3H3/b17-16-. The summed E-state index contributed by atoms with van der Waals surface area (Å²) in [5.74, 6) is 0.520. The van der Waals surface area contributed by atoms with Gasteiger partial charge >= 0.3 is 0 Å². The summed E-state index contributed by atoms with van der Waals surface area (Å²) in [5, 5.41) is 1.31. The number of hydrogen-bond acceptors (Lipinski definition) is 0. The van der Waals surface area contributed by atoms with E-state index < -0.39 is 0 Å². The van der Waals surface area contributed by atoms with Crippen molar-refractivity contribution < 1.29 is 0 Å². The van der Waals surface area contributed by atoms with Crippen LogP contribution in [0, 0.1) is 12.8 Å². The van der Waals surface area contributed by atoms with Crippen LogP contribution < -0.4 is 0 Å². The van der Waals surface area contributed by atoms with Crippen LogP contribution in [0.5, 0.6) is 0 Å². The largest absolute Gasteiger partial charge is 0.310 e. The number of rotatable bonds is 4. The maximum Gasteiger partial charge on any atom is 0.0537 e. The van der Waals surface area contributed by atoms with Crippen LogP contribution in [0.3, 0.4) is 0 Å². The molecule has 0 saturated heterocycles. The van der Waals surface area contributed by atoms with Crippen LogP contribution in [0.4, 0.5) is 0 Å². The Morgan fingerprint density at radius 3 is 2.26 bits per heavy atom. The molecule has 1 aromatic heterocycles. The van der Waals surface area contributed by atoms with Crippen LogP contribution >= 0.6 is 0 Å². The van der Waals surface area contributed by atoms with E-state index in [1.54, 1.807) is 0 Å². The van der Waals surface area contributed by atoms with E-state index in [0.29, 0.717) is 5.92 Å². The second-order valence-corrected chi connectivity index (χ2v) is 7.38. The Morgan fingerprint density at radius 2 is 1.48 bits per heavy atom. The molecule has 0 spiro atoms. The zero-order valence-corrected chi connectivity index (χ0v) is 16.2. The van der Waals surface area contributed by atoms with Gasteiger partial charge in [0.05, 0.1) is 5.52 Å². The van der Waals surface area contributed by atoms with E-state index in [1.165, 1.54) is 39.0 Å². The van der Waals surface area contributed by atoms with E-state index >= 15 is 0 Å². The van der Waals surface area contributed by atoms with Crippen LogP contribution in [0.2, 0.25) is 0 Å². The number of hydrogen-bond donors (Lipinski definition) is 0. The minimum absolute atomic E-state index is 0.520. The van der Waals surface area contributed by atoms with Crippen LogP contribution in [0.25, 0.3) is 33.8 Å². The lowest BCUT2D eigenvalue weighted by Crippen LogP contribution is -1.98. The normalized spacial score (nSPS) is 11.7. The third-order valence-corrected chi connectivity index (χ3v) is 5.02. The quantitative estimate of drug-likeness (QED) is 0.364. The first-order valence-electron chi connectivity index (χ1n) is 9.59. The molecule has 0 saturated carbocycles.